The molecule has 0 fully saturated rings. The molecule has 0 aliphatic carbocycles. The molecule has 2 atom stereocenters. The molecule has 1 aromatic carbocycles. The molecule has 0 spiro atoms. The van der Waals surface area contributed by atoms with Gasteiger partial charge in [-0.2, -0.15) is 0 Å². The highest BCUT2D eigenvalue weighted by Gasteiger charge is 2.18. The third kappa shape index (κ3) is 3.91. The van der Waals surface area contributed by atoms with Crippen molar-refractivity contribution in [1.82, 2.24) is 0 Å². The molecule has 0 heterocycles. The van der Waals surface area contributed by atoms with Crippen molar-refractivity contribution in [3.63, 3.8) is 0 Å². The molecule has 0 bridgehead atoms. The highest BCUT2D eigenvalue weighted by Crippen LogP contribution is 2.21. The minimum absolute atomic E-state index is 0.0361. The fraction of sp³-hybridized carbons (Fsp3) is 0.462. The zero-order valence-corrected chi connectivity index (χ0v) is 11.4. The van der Waals surface area contributed by atoms with Crippen LogP contribution in [0.4, 0.5) is 0 Å². The van der Waals surface area contributed by atoms with Crippen molar-refractivity contribution in [2.24, 2.45) is 0 Å². The molecule has 0 aromatic heterocycles. The van der Waals surface area contributed by atoms with E-state index < -0.39 is 12.2 Å². The van der Waals surface area contributed by atoms with Gasteiger partial charge in [0.2, 0.25) is 0 Å². The summed E-state index contributed by atoms with van der Waals surface area (Å²) in [5.74, 6) is 0.0361. The van der Waals surface area contributed by atoms with Gasteiger partial charge in [0.05, 0.1) is 6.10 Å². The first-order chi connectivity index (χ1) is 8.10. The van der Waals surface area contributed by atoms with Gasteiger partial charge in [-0.25, -0.2) is 0 Å². The molecule has 0 amide bonds. The summed E-state index contributed by atoms with van der Waals surface area (Å²) in [6.45, 7) is 1.80. The van der Waals surface area contributed by atoms with Gasteiger partial charge >= 0.3 is 0 Å². The van der Waals surface area contributed by atoms with E-state index in [0.717, 1.165) is 0 Å². The summed E-state index contributed by atoms with van der Waals surface area (Å²) < 4.78 is 0. The van der Waals surface area contributed by atoms with Crippen LogP contribution in [0.5, 0.6) is 0 Å². The van der Waals surface area contributed by atoms with Crippen molar-refractivity contribution in [2.75, 3.05) is 5.33 Å². The summed E-state index contributed by atoms with van der Waals surface area (Å²) in [7, 11) is 0. The molecule has 0 saturated carbocycles. The van der Waals surface area contributed by atoms with Crippen LogP contribution in [0.1, 0.15) is 41.8 Å². The fourth-order valence-electron chi connectivity index (χ4n) is 1.59. The number of benzene rings is 1. The molecule has 1 aromatic rings. The van der Waals surface area contributed by atoms with E-state index in [1.165, 1.54) is 0 Å². The van der Waals surface area contributed by atoms with Crippen LogP contribution in [-0.2, 0) is 0 Å². The van der Waals surface area contributed by atoms with E-state index in [2.05, 4.69) is 15.9 Å². The molecular weight excluding hydrogens is 284 g/mol. The summed E-state index contributed by atoms with van der Waals surface area (Å²) in [6.07, 6.45) is -0.866. The van der Waals surface area contributed by atoms with Crippen molar-refractivity contribution < 1.29 is 15.0 Å². The second-order valence-corrected chi connectivity index (χ2v) is 4.69. The van der Waals surface area contributed by atoms with E-state index in [-0.39, 0.29) is 5.78 Å². The number of Topliss-reactive ketones (excluding diaryl/α,β-unsaturated/α-hetero) is 1. The second kappa shape index (κ2) is 6.89. The molecule has 94 valence electrons. The number of aliphatic hydroxyl groups is 2. The van der Waals surface area contributed by atoms with Crippen LogP contribution in [0.15, 0.2) is 24.3 Å². The lowest BCUT2D eigenvalue weighted by molar-refractivity contribution is 0.0173. The molecule has 0 saturated heterocycles. The van der Waals surface area contributed by atoms with Gasteiger partial charge in [-0.1, -0.05) is 41.1 Å². The largest absolute Gasteiger partial charge is 0.390 e. The highest BCUT2D eigenvalue weighted by molar-refractivity contribution is 9.09. The van der Waals surface area contributed by atoms with Crippen LogP contribution >= 0.6 is 15.9 Å². The van der Waals surface area contributed by atoms with Crippen molar-refractivity contribution in [2.45, 2.75) is 32.0 Å². The minimum atomic E-state index is -0.947. The van der Waals surface area contributed by atoms with E-state index in [1.807, 2.05) is 0 Å². The topological polar surface area (TPSA) is 57.5 Å². The standard InChI is InChI=1S/C13H17BrO3/c1-2-11(15)9-4-3-5-10(8-9)13(17)12(16)6-7-14/h3-5,8,12-13,16-17H,2,6-7H2,1H3. The van der Waals surface area contributed by atoms with Crippen LogP contribution in [0, 0.1) is 0 Å². The average molecular weight is 301 g/mol. The van der Waals surface area contributed by atoms with E-state index in [1.54, 1.807) is 31.2 Å². The van der Waals surface area contributed by atoms with Crippen LogP contribution in [0.25, 0.3) is 0 Å². The summed E-state index contributed by atoms with van der Waals surface area (Å²) in [5.41, 5.74) is 1.16. The van der Waals surface area contributed by atoms with Crippen LogP contribution in [0.2, 0.25) is 0 Å². The molecule has 0 aliphatic rings. The first kappa shape index (κ1) is 14.4. The number of ketones is 1. The number of carbonyl (C=O) groups is 1. The van der Waals surface area contributed by atoms with Gasteiger partial charge in [0, 0.05) is 17.3 Å². The summed E-state index contributed by atoms with van der Waals surface area (Å²) in [5, 5.41) is 20.2. The zero-order valence-electron chi connectivity index (χ0n) is 9.77. The zero-order chi connectivity index (χ0) is 12.8. The molecule has 2 N–H and O–H groups in total. The molecule has 17 heavy (non-hydrogen) atoms. The normalized spacial score (nSPS) is 14.4. The van der Waals surface area contributed by atoms with Gasteiger partial charge < -0.3 is 10.2 Å². The maximum atomic E-state index is 11.5. The van der Waals surface area contributed by atoms with Crippen LogP contribution in [0.3, 0.4) is 0 Å². The molecule has 4 heteroatoms. The minimum Gasteiger partial charge on any atom is -0.390 e. The Morgan fingerprint density at radius 3 is 2.71 bits per heavy atom. The Kier molecular flexibility index (Phi) is 5.82. The Labute approximate surface area is 110 Å². The maximum absolute atomic E-state index is 11.5. The monoisotopic (exact) mass is 300 g/mol. The number of hydrogen-bond donors (Lipinski definition) is 2. The lowest BCUT2D eigenvalue weighted by Gasteiger charge is -2.17. The van der Waals surface area contributed by atoms with E-state index >= 15 is 0 Å². The Morgan fingerprint density at radius 1 is 1.41 bits per heavy atom. The van der Waals surface area contributed by atoms with Gasteiger partial charge in [-0.3, -0.25) is 4.79 Å². The summed E-state index contributed by atoms with van der Waals surface area (Å²) in [6, 6.07) is 6.81. The number of hydrogen-bond acceptors (Lipinski definition) is 3. The third-order valence-corrected chi connectivity index (χ3v) is 3.10. The van der Waals surface area contributed by atoms with Crippen molar-refractivity contribution >= 4 is 21.7 Å². The van der Waals surface area contributed by atoms with E-state index in [4.69, 9.17) is 0 Å². The Morgan fingerprint density at radius 2 is 2.12 bits per heavy atom. The first-order valence-corrected chi connectivity index (χ1v) is 6.77. The molecule has 2 unspecified atom stereocenters. The smallest absolute Gasteiger partial charge is 0.162 e. The lowest BCUT2D eigenvalue weighted by Crippen LogP contribution is -2.18. The second-order valence-electron chi connectivity index (χ2n) is 3.89. The van der Waals surface area contributed by atoms with Gasteiger partial charge in [-0.05, 0) is 18.1 Å². The molecular formula is C13H17BrO3. The fourth-order valence-corrected chi connectivity index (χ4v) is 2.06. The number of aliphatic hydroxyl groups excluding tert-OH is 2. The molecule has 1 rings (SSSR count). The Bertz CT molecular complexity index is 379. The van der Waals surface area contributed by atoms with Gasteiger partial charge in [0.25, 0.3) is 0 Å². The average Bonchev–Trinajstić information content (AvgIpc) is 2.37. The quantitative estimate of drug-likeness (QED) is 0.627. The van der Waals surface area contributed by atoms with E-state index in [0.29, 0.717) is 29.3 Å². The SMILES string of the molecule is CCC(=O)c1cccc(C(O)C(O)CCBr)c1. The first-order valence-electron chi connectivity index (χ1n) is 5.65. The number of halogens is 1. The lowest BCUT2D eigenvalue weighted by atomic mass is 9.99. The number of alkyl halides is 1. The van der Waals surface area contributed by atoms with Gasteiger partial charge in [0.15, 0.2) is 5.78 Å². The van der Waals surface area contributed by atoms with Crippen molar-refractivity contribution in [3.05, 3.63) is 35.4 Å². The third-order valence-electron chi connectivity index (χ3n) is 2.64. The predicted molar refractivity (Wildman–Crippen MR) is 70.4 cm³/mol. The number of rotatable bonds is 6. The maximum Gasteiger partial charge on any atom is 0.162 e. The van der Waals surface area contributed by atoms with E-state index in [9.17, 15) is 15.0 Å². The van der Waals surface area contributed by atoms with Crippen molar-refractivity contribution in [3.8, 4) is 0 Å². The Balaban J connectivity index is 2.87. The van der Waals surface area contributed by atoms with Gasteiger partial charge in [0.1, 0.15) is 6.10 Å². The molecule has 3 nitrogen and oxygen atoms in total. The predicted octanol–water partition coefficient (Wildman–Crippen LogP) is 2.46. The van der Waals surface area contributed by atoms with Crippen LogP contribution in [-0.4, -0.2) is 27.4 Å². The molecule has 0 radical (unpaired) electrons. The highest BCUT2D eigenvalue weighted by atomic mass is 79.9. The van der Waals surface area contributed by atoms with Crippen molar-refractivity contribution in [1.29, 1.82) is 0 Å². The van der Waals surface area contributed by atoms with Crippen LogP contribution < -0.4 is 0 Å². The molecule has 0 aliphatic heterocycles. The summed E-state index contributed by atoms with van der Waals surface area (Å²) in [4.78, 5) is 11.5. The Hall–Kier alpha value is -0.710. The number of carbonyl (C=O) groups excluding carboxylic acids is 1. The summed E-state index contributed by atoms with van der Waals surface area (Å²) >= 11 is 3.21. The van der Waals surface area contributed by atoms with Gasteiger partial charge in [-0.15, -0.1) is 0 Å².